The minimum Gasteiger partial charge on any atom is -0.466 e. The van der Waals surface area contributed by atoms with E-state index in [-0.39, 0.29) is 18.5 Å². The fourth-order valence-electron chi connectivity index (χ4n) is 9.99. The maximum atomic E-state index is 12.4. The summed E-state index contributed by atoms with van der Waals surface area (Å²) in [6.45, 7) is 4.96. The third-order valence-corrected chi connectivity index (χ3v) is 14.8. The van der Waals surface area contributed by atoms with Crippen molar-refractivity contribution in [1.82, 2.24) is 5.32 Å². The summed E-state index contributed by atoms with van der Waals surface area (Å²) in [6.07, 6.45) is 71.0. The molecule has 0 saturated heterocycles. The number of unbranched alkanes of at least 4 members (excludes halogenated alkanes) is 46. The average molecular weight is 975 g/mol. The van der Waals surface area contributed by atoms with Crippen LogP contribution >= 0.6 is 0 Å². The van der Waals surface area contributed by atoms with Crippen molar-refractivity contribution in [3.05, 3.63) is 12.2 Å². The summed E-state index contributed by atoms with van der Waals surface area (Å²) in [5.74, 6) is -0.0228. The van der Waals surface area contributed by atoms with Gasteiger partial charge in [0.15, 0.2) is 0 Å². The molecule has 410 valence electrons. The SMILES string of the molecule is CCCCCCCCCCCCCCCCCCCCCC(=O)OCCCCCCCCCCCCCC/C=C\CCCCCCCCCCC(=O)NC(CO)C(O)CCCCCCCCCCC. The molecule has 3 N–H and O–H groups in total. The summed E-state index contributed by atoms with van der Waals surface area (Å²) in [5.41, 5.74) is 0. The van der Waals surface area contributed by atoms with E-state index in [0.29, 0.717) is 25.9 Å². The van der Waals surface area contributed by atoms with Gasteiger partial charge in [-0.25, -0.2) is 0 Å². The van der Waals surface area contributed by atoms with Gasteiger partial charge in [0.25, 0.3) is 0 Å². The smallest absolute Gasteiger partial charge is 0.305 e. The zero-order chi connectivity index (χ0) is 50.0. The number of aliphatic hydroxyl groups excluding tert-OH is 2. The summed E-state index contributed by atoms with van der Waals surface area (Å²) >= 11 is 0. The number of nitrogens with one attached hydrogen (secondary N) is 1. The molecular weight excluding hydrogens is 851 g/mol. The number of amides is 1. The van der Waals surface area contributed by atoms with Gasteiger partial charge in [-0.15, -0.1) is 0 Å². The monoisotopic (exact) mass is 974 g/mol. The Hall–Kier alpha value is -1.40. The highest BCUT2D eigenvalue weighted by molar-refractivity contribution is 5.76. The number of carbonyl (C=O) groups excluding carboxylic acids is 2. The van der Waals surface area contributed by atoms with Gasteiger partial charge in [0.05, 0.1) is 25.4 Å². The molecule has 1 amide bonds. The average Bonchev–Trinajstić information content (AvgIpc) is 3.35. The van der Waals surface area contributed by atoms with Gasteiger partial charge in [0.2, 0.25) is 5.91 Å². The molecule has 6 nitrogen and oxygen atoms in total. The molecule has 0 heterocycles. The second-order valence-corrected chi connectivity index (χ2v) is 21.7. The molecule has 0 radical (unpaired) electrons. The second-order valence-electron chi connectivity index (χ2n) is 21.7. The Morgan fingerprint density at radius 2 is 0.681 bits per heavy atom. The highest BCUT2D eigenvalue weighted by Gasteiger charge is 2.20. The van der Waals surface area contributed by atoms with Crippen LogP contribution in [-0.2, 0) is 14.3 Å². The van der Waals surface area contributed by atoms with Gasteiger partial charge in [0, 0.05) is 12.8 Å². The van der Waals surface area contributed by atoms with E-state index in [9.17, 15) is 19.8 Å². The molecule has 0 aliphatic heterocycles. The van der Waals surface area contributed by atoms with Crippen LogP contribution in [0.25, 0.3) is 0 Å². The van der Waals surface area contributed by atoms with E-state index in [0.717, 1.165) is 38.5 Å². The molecule has 69 heavy (non-hydrogen) atoms. The molecule has 0 spiro atoms. The number of aliphatic hydroxyl groups is 2. The van der Waals surface area contributed by atoms with E-state index in [4.69, 9.17) is 4.74 Å². The van der Waals surface area contributed by atoms with E-state index in [1.165, 1.54) is 283 Å². The number of esters is 1. The first kappa shape index (κ1) is 67.6. The summed E-state index contributed by atoms with van der Waals surface area (Å²) < 4.78 is 5.50. The van der Waals surface area contributed by atoms with E-state index in [1.54, 1.807) is 0 Å². The van der Waals surface area contributed by atoms with Gasteiger partial charge < -0.3 is 20.3 Å². The molecule has 0 saturated carbocycles. The Bertz CT molecular complexity index is 1030. The molecular formula is C63H123NO5. The second kappa shape index (κ2) is 59.2. The van der Waals surface area contributed by atoms with Crippen molar-refractivity contribution in [3.8, 4) is 0 Å². The van der Waals surface area contributed by atoms with Crippen LogP contribution in [0.3, 0.4) is 0 Å². The van der Waals surface area contributed by atoms with Crippen molar-refractivity contribution in [2.24, 2.45) is 0 Å². The zero-order valence-corrected chi connectivity index (χ0v) is 46.8. The van der Waals surface area contributed by atoms with Gasteiger partial charge in [-0.3, -0.25) is 9.59 Å². The topological polar surface area (TPSA) is 95.9 Å². The first-order chi connectivity index (χ1) is 34.0. The molecule has 0 bridgehead atoms. The maximum Gasteiger partial charge on any atom is 0.305 e. The molecule has 0 aliphatic carbocycles. The van der Waals surface area contributed by atoms with E-state index < -0.39 is 12.1 Å². The Balaban J connectivity index is 3.34. The highest BCUT2D eigenvalue weighted by Crippen LogP contribution is 2.18. The lowest BCUT2D eigenvalue weighted by atomic mass is 10.0. The Kier molecular flexibility index (Phi) is 58.0. The number of carbonyl (C=O) groups is 2. The van der Waals surface area contributed by atoms with Crippen molar-refractivity contribution in [3.63, 3.8) is 0 Å². The van der Waals surface area contributed by atoms with E-state index in [2.05, 4.69) is 31.3 Å². The first-order valence-corrected chi connectivity index (χ1v) is 31.4. The molecule has 0 aromatic heterocycles. The predicted octanol–water partition coefficient (Wildman–Crippen LogP) is 19.6. The van der Waals surface area contributed by atoms with Gasteiger partial charge in [-0.1, -0.05) is 302 Å². The molecule has 0 rings (SSSR count). The van der Waals surface area contributed by atoms with Gasteiger partial charge in [-0.2, -0.15) is 0 Å². The van der Waals surface area contributed by atoms with Gasteiger partial charge in [0.1, 0.15) is 0 Å². The lowest BCUT2D eigenvalue weighted by molar-refractivity contribution is -0.143. The van der Waals surface area contributed by atoms with Crippen LogP contribution in [0.1, 0.15) is 354 Å². The first-order valence-electron chi connectivity index (χ1n) is 31.4. The molecule has 0 fully saturated rings. The largest absolute Gasteiger partial charge is 0.466 e. The molecule has 2 atom stereocenters. The molecule has 6 heteroatoms. The van der Waals surface area contributed by atoms with Crippen LogP contribution < -0.4 is 5.32 Å². The Morgan fingerprint density at radius 1 is 0.391 bits per heavy atom. The Labute approximate surface area is 431 Å². The van der Waals surface area contributed by atoms with Crippen molar-refractivity contribution < 1.29 is 24.5 Å². The van der Waals surface area contributed by atoms with Crippen LogP contribution in [-0.4, -0.2) is 47.4 Å². The lowest BCUT2D eigenvalue weighted by Gasteiger charge is -2.22. The Morgan fingerprint density at radius 3 is 1.03 bits per heavy atom. The van der Waals surface area contributed by atoms with Crippen molar-refractivity contribution in [1.29, 1.82) is 0 Å². The molecule has 2 unspecified atom stereocenters. The fourth-order valence-corrected chi connectivity index (χ4v) is 9.99. The molecule has 0 aliphatic rings. The predicted molar refractivity (Wildman–Crippen MR) is 301 cm³/mol. The minimum absolute atomic E-state index is 0.0178. The van der Waals surface area contributed by atoms with Crippen LogP contribution in [0.2, 0.25) is 0 Å². The number of hydrogen-bond acceptors (Lipinski definition) is 5. The van der Waals surface area contributed by atoms with E-state index >= 15 is 0 Å². The van der Waals surface area contributed by atoms with Crippen LogP contribution in [0, 0.1) is 0 Å². The zero-order valence-electron chi connectivity index (χ0n) is 46.8. The van der Waals surface area contributed by atoms with E-state index in [1.807, 2.05) is 0 Å². The minimum atomic E-state index is -0.664. The summed E-state index contributed by atoms with van der Waals surface area (Å²) in [5, 5.41) is 23.1. The normalized spacial score (nSPS) is 12.6. The highest BCUT2D eigenvalue weighted by atomic mass is 16.5. The van der Waals surface area contributed by atoms with Crippen LogP contribution in [0.4, 0.5) is 0 Å². The summed E-state index contributed by atoms with van der Waals surface area (Å²) in [4.78, 5) is 24.5. The number of ether oxygens (including phenoxy) is 1. The van der Waals surface area contributed by atoms with Crippen LogP contribution in [0.5, 0.6) is 0 Å². The number of hydrogen-bond donors (Lipinski definition) is 3. The fraction of sp³-hybridized carbons (Fsp3) is 0.937. The molecule has 0 aromatic carbocycles. The molecule has 0 aromatic rings. The number of allylic oxidation sites excluding steroid dienone is 2. The van der Waals surface area contributed by atoms with Crippen LogP contribution in [0.15, 0.2) is 12.2 Å². The maximum absolute atomic E-state index is 12.4. The van der Waals surface area contributed by atoms with Gasteiger partial charge >= 0.3 is 5.97 Å². The number of rotatable bonds is 59. The van der Waals surface area contributed by atoms with Crippen molar-refractivity contribution in [2.45, 2.75) is 366 Å². The summed E-state index contributed by atoms with van der Waals surface area (Å²) in [6, 6.07) is -0.542. The summed E-state index contributed by atoms with van der Waals surface area (Å²) in [7, 11) is 0. The third kappa shape index (κ3) is 55.8. The quantitative estimate of drug-likeness (QED) is 0.0321. The van der Waals surface area contributed by atoms with Gasteiger partial charge in [-0.05, 0) is 51.4 Å². The standard InChI is InChI=1S/C63H123NO5/c1-3-5-7-9-11-13-14-15-16-17-24-28-31-34-37-41-45-49-53-57-63(68)69-58-54-50-46-42-38-35-32-29-26-23-21-19-18-20-22-25-27-30-33-36-40-44-48-52-56-62(67)64-60(59-65)61(66)55-51-47-43-39-12-10-8-6-4-2/h20,22,60-61,65-66H,3-19,21,23-59H2,1-2H3,(H,64,67)/b22-20-. The lowest BCUT2D eigenvalue weighted by Crippen LogP contribution is -2.45. The van der Waals surface area contributed by atoms with Crippen molar-refractivity contribution >= 4 is 11.9 Å². The third-order valence-electron chi connectivity index (χ3n) is 14.8. The van der Waals surface area contributed by atoms with Crippen molar-refractivity contribution in [2.75, 3.05) is 13.2 Å².